The first-order chi connectivity index (χ1) is 5.02. The van der Waals surface area contributed by atoms with Gasteiger partial charge in [-0.15, -0.1) is 0 Å². The molecule has 1 atom stereocenters. The number of aromatic hydroxyl groups is 1. The van der Waals surface area contributed by atoms with E-state index in [-0.39, 0.29) is 10.6 Å². The normalized spacial score (nSPS) is 15.7. The van der Waals surface area contributed by atoms with Gasteiger partial charge in [-0.1, -0.05) is 12.1 Å². The van der Waals surface area contributed by atoms with Gasteiger partial charge < -0.3 is 5.11 Å². The molecule has 0 fully saturated rings. The van der Waals surface area contributed by atoms with Crippen molar-refractivity contribution in [1.82, 2.24) is 0 Å². The Morgan fingerprint density at radius 2 is 2.00 bits per heavy atom. The predicted octanol–water partition coefficient (Wildman–Crippen LogP) is 1.43. The van der Waals surface area contributed by atoms with Crippen molar-refractivity contribution < 1.29 is 9.32 Å². The molecule has 1 rings (SSSR count). The highest BCUT2D eigenvalue weighted by molar-refractivity contribution is 7.91. The van der Waals surface area contributed by atoms with E-state index in [4.69, 9.17) is 9.89 Å². The van der Waals surface area contributed by atoms with Gasteiger partial charge in [-0.25, -0.2) is 8.99 Å². The van der Waals surface area contributed by atoms with Gasteiger partial charge in [0, 0.05) is 6.26 Å². The van der Waals surface area contributed by atoms with Crippen LogP contribution < -0.4 is 0 Å². The Morgan fingerprint density at radius 1 is 1.45 bits per heavy atom. The molecule has 0 saturated carbocycles. The van der Waals surface area contributed by atoms with Crippen LogP contribution in [0.5, 0.6) is 5.75 Å². The zero-order valence-electron chi connectivity index (χ0n) is 6.07. The summed E-state index contributed by atoms with van der Waals surface area (Å²) in [6.07, 6.45) is 1.28. The summed E-state index contributed by atoms with van der Waals surface area (Å²) >= 11 is 0. The van der Waals surface area contributed by atoms with Gasteiger partial charge in [-0.2, -0.15) is 0 Å². The molecule has 60 valence electrons. The number of hydrogen-bond donors (Lipinski definition) is 2. The van der Waals surface area contributed by atoms with Crippen LogP contribution in [0.15, 0.2) is 29.2 Å². The molecular weight excluding hydrogens is 162 g/mol. The minimum Gasteiger partial charge on any atom is -0.507 e. The Kier molecular flexibility index (Phi) is 1.87. The molecule has 1 aromatic rings. The van der Waals surface area contributed by atoms with E-state index in [2.05, 4.69) is 0 Å². The Hall–Kier alpha value is -1.03. The third kappa shape index (κ3) is 1.71. The maximum Gasteiger partial charge on any atom is 0.132 e. The van der Waals surface area contributed by atoms with Crippen molar-refractivity contribution in [3.8, 4) is 5.75 Å². The molecule has 0 amide bonds. The van der Waals surface area contributed by atoms with E-state index in [9.17, 15) is 4.21 Å². The fraction of sp³-hybridized carbons (Fsp3) is 0.143. The number of phenolic OH excluding ortho intramolecular Hbond substituents is 1. The Balaban J connectivity index is 3.37. The summed E-state index contributed by atoms with van der Waals surface area (Å²) in [6, 6.07) is 6.19. The summed E-state index contributed by atoms with van der Waals surface area (Å²) in [5, 5.41) is 9.15. The van der Waals surface area contributed by atoms with E-state index < -0.39 is 9.73 Å². The van der Waals surface area contributed by atoms with Crippen LogP contribution in [0.1, 0.15) is 0 Å². The Labute approximate surface area is 65.7 Å². The van der Waals surface area contributed by atoms with Crippen molar-refractivity contribution in [1.29, 1.82) is 4.78 Å². The Bertz CT molecular complexity index is 356. The highest BCUT2D eigenvalue weighted by Gasteiger charge is 2.06. The molecule has 1 aromatic carbocycles. The van der Waals surface area contributed by atoms with Gasteiger partial charge in [0.15, 0.2) is 0 Å². The Morgan fingerprint density at radius 3 is 2.36 bits per heavy atom. The largest absolute Gasteiger partial charge is 0.507 e. The number of nitrogens with one attached hydrogen (secondary N) is 1. The summed E-state index contributed by atoms with van der Waals surface area (Å²) in [5.41, 5.74) is 0. The van der Waals surface area contributed by atoms with Gasteiger partial charge >= 0.3 is 0 Å². The molecule has 0 aliphatic heterocycles. The van der Waals surface area contributed by atoms with E-state index >= 15 is 0 Å². The third-order valence-corrected chi connectivity index (χ3v) is 2.47. The maximum absolute atomic E-state index is 11.1. The number of rotatable bonds is 1. The van der Waals surface area contributed by atoms with E-state index in [1.807, 2.05) is 0 Å². The molecule has 4 heteroatoms. The number of benzene rings is 1. The van der Waals surface area contributed by atoms with Gasteiger partial charge in [0.1, 0.15) is 5.75 Å². The second kappa shape index (κ2) is 2.54. The molecule has 1 unspecified atom stereocenters. The van der Waals surface area contributed by atoms with E-state index in [1.165, 1.54) is 18.4 Å². The van der Waals surface area contributed by atoms with Crippen LogP contribution in [0.25, 0.3) is 0 Å². The molecular formula is C7H9NO2S. The second-order valence-corrected chi connectivity index (χ2v) is 4.44. The molecule has 0 spiro atoms. The fourth-order valence-electron chi connectivity index (χ4n) is 0.787. The predicted molar refractivity (Wildman–Crippen MR) is 43.2 cm³/mol. The lowest BCUT2D eigenvalue weighted by Crippen LogP contribution is -1.94. The lowest BCUT2D eigenvalue weighted by atomic mass is 10.3. The van der Waals surface area contributed by atoms with Crippen LogP contribution in [0.2, 0.25) is 0 Å². The first-order valence-electron chi connectivity index (χ1n) is 3.03. The lowest BCUT2D eigenvalue weighted by Gasteiger charge is -2.01. The summed E-state index contributed by atoms with van der Waals surface area (Å²) < 4.78 is 18.3. The second-order valence-electron chi connectivity index (χ2n) is 2.31. The molecule has 0 heterocycles. The van der Waals surface area contributed by atoms with Gasteiger partial charge in [0.2, 0.25) is 0 Å². The van der Waals surface area contributed by atoms with Crippen LogP contribution in [0, 0.1) is 4.78 Å². The average molecular weight is 171 g/mol. The van der Waals surface area contributed by atoms with Crippen molar-refractivity contribution in [2.75, 3.05) is 6.26 Å². The van der Waals surface area contributed by atoms with Crippen LogP contribution in [0.3, 0.4) is 0 Å². The minimum absolute atomic E-state index is 0.0741. The zero-order chi connectivity index (χ0) is 8.48. The lowest BCUT2D eigenvalue weighted by molar-refractivity contribution is 0.461. The van der Waals surface area contributed by atoms with Crippen molar-refractivity contribution in [2.45, 2.75) is 4.90 Å². The van der Waals surface area contributed by atoms with Crippen LogP contribution in [-0.2, 0) is 9.73 Å². The van der Waals surface area contributed by atoms with Crippen molar-refractivity contribution in [3.63, 3.8) is 0 Å². The number of hydrogen-bond acceptors (Lipinski definition) is 3. The fourth-order valence-corrected chi connectivity index (χ4v) is 1.59. The van der Waals surface area contributed by atoms with Crippen molar-refractivity contribution >= 4 is 9.73 Å². The molecule has 0 aromatic heterocycles. The number of para-hydroxylation sites is 1. The van der Waals surface area contributed by atoms with Gasteiger partial charge in [-0.3, -0.25) is 0 Å². The molecule has 0 aliphatic rings. The third-order valence-electron chi connectivity index (χ3n) is 1.28. The van der Waals surface area contributed by atoms with E-state index in [0.29, 0.717) is 0 Å². The van der Waals surface area contributed by atoms with E-state index in [1.54, 1.807) is 12.1 Å². The standard InChI is InChI=1S/C7H9NO2S/c1-11(8,10)7-5-3-2-4-6(7)9/h2-5,8-9H,1H3. The molecule has 11 heavy (non-hydrogen) atoms. The minimum atomic E-state index is -2.78. The summed E-state index contributed by atoms with van der Waals surface area (Å²) in [4.78, 5) is 0.194. The SMILES string of the molecule is CS(=N)(=O)c1ccccc1O. The summed E-state index contributed by atoms with van der Waals surface area (Å²) in [7, 11) is -2.78. The average Bonchev–Trinajstić information content (AvgIpc) is 1.86. The summed E-state index contributed by atoms with van der Waals surface area (Å²) in [5.74, 6) is -0.0741. The smallest absolute Gasteiger partial charge is 0.132 e. The maximum atomic E-state index is 11.1. The number of phenols is 1. The van der Waals surface area contributed by atoms with Gasteiger partial charge in [-0.05, 0) is 12.1 Å². The molecule has 0 saturated heterocycles. The van der Waals surface area contributed by atoms with Crippen molar-refractivity contribution in [2.24, 2.45) is 0 Å². The van der Waals surface area contributed by atoms with Crippen molar-refractivity contribution in [3.05, 3.63) is 24.3 Å². The van der Waals surface area contributed by atoms with Gasteiger partial charge in [0.25, 0.3) is 0 Å². The quantitative estimate of drug-likeness (QED) is 0.671. The molecule has 0 aliphatic carbocycles. The topological polar surface area (TPSA) is 61.2 Å². The highest BCUT2D eigenvalue weighted by Crippen LogP contribution is 2.20. The summed E-state index contributed by atoms with van der Waals surface area (Å²) in [6.45, 7) is 0. The molecule has 2 N–H and O–H groups in total. The van der Waals surface area contributed by atoms with Crippen LogP contribution >= 0.6 is 0 Å². The van der Waals surface area contributed by atoms with E-state index in [0.717, 1.165) is 0 Å². The first-order valence-corrected chi connectivity index (χ1v) is 5.00. The monoisotopic (exact) mass is 171 g/mol. The van der Waals surface area contributed by atoms with Crippen LogP contribution in [0.4, 0.5) is 0 Å². The molecule has 0 bridgehead atoms. The molecule has 3 nitrogen and oxygen atoms in total. The van der Waals surface area contributed by atoms with Crippen LogP contribution in [-0.4, -0.2) is 15.6 Å². The van der Waals surface area contributed by atoms with Gasteiger partial charge in [0.05, 0.1) is 14.6 Å². The highest BCUT2D eigenvalue weighted by atomic mass is 32.2. The first kappa shape index (κ1) is 8.07. The zero-order valence-corrected chi connectivity index (χ0v) is 6.89. The molecule has 0 radical (unpaired) electrons.